The van der Waals surface area contributed by atoms with Gasteiger partial charge in [0, 0.05) is 26.7 Å². The van der Waals surface area contributed by atoms with Crippen molar-refractivity contribution in [1.82, 2.24) is 0 Å². The predicted molar refractivity (Wildman–Crippen MR) is 90.3 cm³/mol. The van der Waals surface area contributed by atoms with Crippen LogP contribution in [0.5, 0.6) is 0 Å². The number of ether oxygens (including phenoxy) is 3. The quantitative estimate of drug-likeness (QED) is 0.582. The smallest absolute Gasteiger partial charge is 0.309 e. The van der Waals surface area contributed by atoms with E-state index in [0.717, 1.165) is 5.56 Å². The largest absolute Gasteiger partial charge is 0.462 e. The summed E-state index contributed by atoms with van der Waals surface area (Å²) in [6.07, 6.45) is 2.85. The molecular formula is C19H22O6. The molecule has 1 fully saturated rings. The Morgan fingerprint density at radius 1 is 1.24 bits per heavy atom. The van der Waals surface area contributed by atoms with Crippen molar-refractivity contribution in [3.8, 4) is 0 Å². The van der Waals surface area contributed by atoms with Crippen molar-refractivity contribution < 1.29 is 28.6 Å². The van der Waals surface area contributed by atoms with E-state index in [-0.39, 0.29) is 6.42 Å². The van der Waals surface area contributed by atoms with Gasteiger partial charge in [0.1, 0.15) is 18.3 Å². The molecule has 0 spiro atoms. The van der Waals surface area contributed by atoms with Gasteiger partial charge < -0.3 is 14.2 Å². The summed E-state index contributed by atoms with van der Waals surface area (Å²) in [6.45, 7) is 2.64. The van der Waals surface area contributed by atoms with Gasteiger partial charge >= 0.3 is 17.9 Å². The van der Waals surface area contributed by atoms with Gasteiger partial charge in [-0.15, -0.1) is 0 Å². The molecule has 3 atom stereocenters. The lowest BCUT2D eigenvalue weighted by Gasteiger charge is -2.29. The molecule has 1 aliphatic rings. The lowest BCUT2D eigenvalue weighted by atomic mass is 9.99. The van der Waals surface area contributed by atoms with E-state index >= 15 is 0 Å². The normalized spacial score (nSPS) is 21.4. The Morgan fingerprint density at radius 2 is 1.96 bits per heavy atom. The molecule has 0 saturated carbocycles. The molecule has 1 aromatic carbocycles. The highest BCUT2D eigenvalue weighted by atomic mass is 16.6. The van der Waals surface area contributed by atoms with Gasteiger partial charge in [-0.1, -0.05) is 36.4 Å². The molecule has 1 aromatic rings. The van der Waals surface area contributed by atoms with E-state index in [1.807, 2.05) is 36.4 Å². The molecule has 0 aromatic heterocycles. The van der Waals surface area contributed by atoms with Crippen LogP contribution >= 0.6 is 0 Å². The summed E-state index contributed by atoms with van der Waals surface area (Å²) < 4.78 is 15.7. The highest BCUT2D eigenvalue weighted by Gasteiger charge is 2.32. The van der Waals surface area contributed by atoms with Crippen molar-refractivity contribution >= 4 is 24.0 Å². The van der Waals surface area contributed by atoms with Gasteiger partial charge in [0.15, 0.2) is 0 Å². The first-order chi connectivity index (χ1) is 11.9. The highest BCUT2D eigenvalue weighted by molar-refractivity contribution is 5.72. The molecule has 1 aliphatic heterocycles. The summed E-state index contributed by atoms with van der Waals surface area (Å²) in [7, 11) is 0. The Morgan fingerprint density at radius 3 is 2.60 bits per heavy atom. The molecule has 1 heterocycles. The summed E-state index contributed by atoms with van der Waals surface area (Å²) in [6, 6.07) is 9.59. The lowest BCUT2D eigenvalue weighted by Crippen LogP contribution is -2.37. The van der Waals surface area contributed by atoms with Crippen molar-refractivity contribution in [2.75, 3.05) is 0 Å². The van der Waals surface area contributed by atoms with Crippen molar-refractivity contribution in [2.45, 2.75) is 51.4 Å². The summed E-state index contributed by atoms with van der Waals surface area (Å²) in [5.41, 5.74) is 0.970. The summed E-state index contributed by atoms with van der Waals surface area (Å²) >= 11 is 0. The van der Waals surface area contributed by atoms with Gasteiger partial charge in [-0.25, -0.2) is 0 Å². The summed E-state index contributed by atoms with van der Waals surface area (Å²) in [4.78, 5) is 34.2. The number of hydrogen-bond acceptors (Lipinski definition) is 6. The van der Waals surface area contributed by atoms with E-state index in [2.05, 4.69) is 0 Å². The summed E-state index contributed by atoms with van der Waals surface area (Å²) in [5, 5.41) is 0. The van der Waals surface area contributed by atoms with Crippen LogP contribution in [0, 0.1) is 0 Å². The number of carbonyl (C=O) groups excluding carboxylic acids is 3. The van der Waals surface area contributed by atoms with Crippen molar-refractivity contribution in [3.63, 3.8) is 0 Å². The number of carbonyl (C=O) groups is 3. The van der Waals surface area contributed by atoms with Gasteiger partial charge in [0.25, 0.3) is 0 Å². The molecule has 1 saturated heterocycles. The third-order valence-electron chi connectivity index (χ3n) is 3.67. The molecule has 0 unspecified atom stereocenters. The molecule has 25 heavy (non-hydrogen) atoms. The first kappa shape index (κ1) is 18.7. The van der Waals surface area contributed by atoms with Crippen LogP contribution in [0.4, 0.5) is 0 Å². The van der Waals surface area contributed by atoms with Crippen LogP contribution in [0.25, 0.3) is 6.08 Å². The van der Waals surface area contributed by atoms with E-state index in [9.17, 15) is 14.4 Å². The second-order valence-corrected chi connectivity index (χ2v) is 5.94. The second-order valence-electron chi connectivity index (χ2n) is 5.94. The van der Waals surface area contributed by atoms with Gasteiger partial charge in [-0.2, -0.15) is 0 Å². The maximum Gasteiger partial charge on any atom is 0.309 e. The minimum Gasteiger partial charge on any atom is -0.462 e. The highest BCUT2D eigenvalue weighted by Crippen LogP contribution is 2.23. The topological polar surface area (TPSA) is 78.9 Å². The maximum atomic E-state index is 11.7. The minimum absolute atomic E-state index is 0.0498. The van der Waals surface area contributed by atoms with Crippen LogP contribution in [0.2, 0.25) is 0 Å². The number of hydrogen-bond donors (Lipinski definition) is 0. The second kappa shape index (κ2) is 9.01. The van der Waals surface area contributed by atoms with Gasteiger partial charge in [-0.05, 0) is 11.6 Å². The van der Waals surface area contributed by atoms with Crippen LogP contribution in [-0.4, -0.2) is 36.2 Å². The number of cyclic esters (lactones) is 1. The van der Waals surface area contributed by atoms with Gasteiger partial charge in [-0.3, -0.25) is 14.4 Å². The molecule has 0 amide bonds. The fraction of sp³-hybridized carbons (Fsp3) is 0.421. The number of benzene rings is 1. The molecule has 0 bridgehead atoms. The Balaban J connectivity index is 2.02. The van der Waals surface area contributed by atoms with Crippen LogP contribution < -0.4 is 0 Å². The van der Waals surface area contributed by atoms with Crippen LogP contribution in [0.15, 0.2) is 36.4 Å². The van der Waals surface area contributed by atoms with Crippen molar-refractivity contribution in [2.24, 2.45) is 0 Å². The molecular weight excluding hydrogens is 324 g/mol. The van der Waals surface area contributed by atoms with Crippen molar-refractivity contribution in [3.05, 3.63) is 42.0 Å². The van der Waals surface area contributed by atoms with Crippen LogP contribution in [-0.2, 0) is 28.6 Å². The fourth-order valence-corrected chi connectivity index (χ4v) is 2.73. The average Bonchev–Trinajstić information content (AvgIpc) is 2.52. The Bertz CT molecular complexity index is 635. The first-order valence-electron chi connectivity index (χ1n) is 8.19. The van der Waals surface area contributed by atoms with E-state index in [1.54, 1.807) is 6.08 Å². The molecule has 6 nitrogen and oxygen atoms in total. The van der Waals surface area contributed by atoms with E-state index in [4.69, 9.17) is 14.2 Å². The molecule has 0 N–H and O–H groups in total. The third-order valence-corrected chi connectivity index (χ3v) is 3.67. The minimum atomic E-state index is -0.536. The van der Waals surface area contributed by atoms with Crippen LogP contribution in [0.3, 0.4) is 0 Å². The van der Waals surface area contributed by atoms with E-state index in [1.165, 1.54) is 13.8 Å². The third kappa shape index (κ3) is 6.79. The van der Waals surface area contributed by atoms with E-state index in [0.29, 0.717) is 12.8 Å². The van der Waals surface area contributed by atoms with E-state index < -0.39 is 36.2 Å². The molecule has 134 valence electrons. The Hall–Kier alpha value is -2.63. The Labute approximate surface area is 146 Å². The Kier molecular flexibility index (Phi) is 6.74. The number of esters is 3. The standard InChI is InChI=1S/C19H22O6/c1-13(20)23-16(9-8-15-6-4-3-5-7-15)10-17-11-18(24-14(2)21)12-19(22)25-17/h3-9,16-18H,10-12H2,1-2H3/b9-8+/t16-,17+,18-/m1/s1. The van der Waals surface area contributed by atoms with Gasteiger partial charge in [0.2, 0.25) is 0 Å². The van der Waals surface area contributed by atoms with Crippen molar-refractivity contribution in [1.29, 1.82) is 0 Å². The zero-order valence-corrected chi connectivity index (χ0v) is 14.3. The monoisotopic (exact) mass is 346 g/mol. The fourth-order valence-electron chi connectivity index (χ4n) is 2.73. The SMILES string of the molecule is CC(=O)O[C@H]1CC(=O)O[C@@H](C[C@@H](/C=C/c2ccccc2)OC(C)=O)C1. The summed E-state index contributed by atoms with van der Waals surface area (Å²) in [5.74, 6) is -1.27. The molecule has 0 aliphatic carbocycles. The number of rotatable bonds is 6. The molecule has 0 radical (unpaired) electrons. The van der Waals surface area contributed by atoms with Gasteiger partial charge in [0.05, 0.1) is 6.42 Å². The molecule has 6 heteroatoms. The predicted octanol–water partition coefficient (Wildman–Crippen LogP) is 2.66. The zero-order chi connectivity index (χ0) is 18.2. The first-order valence-corrected chi connectivity index (χ1v) is 8.19. The van der Waals surface area contributed by atoms with Crippen LogP contribution in [0.1, 0.15) is 38.7 Å². The zero-order valence-electron chi connectivity index (χ0n) is 14.3. The lowest BCUT2D eigenvalue weighted by molar-refractivity contribution is -0.170. The average molecular weight is 346 g/mol. The maximum absolute atomic E-state index is 11.7. The molecule has 2 rings (SSSR count).